The molecule has 26 heavy (non-hydrogen) atoms. The highest BCUT2D eigenvalue weighted by Gasteiger charge is 2.33. The summed E-state index contributed by atoms with van der Waals surface area (Å²) in [5.41, 5.74) is 6.22. The zero-order chi connectivity index (χ0) is 18.6. The molecule has 3 aromatic rings. The average Bonchev–Trinajstić information content (AvgIpc) is 2.90. The summed E-state index contributed by atoms with van der Waals surface area (Å²) in [6, 6.07) is 10.1. The predicted octanol–water partition coefficient (Wildman–Crippen LogP) is 3.60. The van der Waals surface area contributed by atoms with Crippen molar-refractivity contribution in [1.29, 1.82) is 5.26 Å². The Kier molecular flexibility index (Phi) is 3.64. The first-order valence-electron chi connectivity index (χ1n) is 9.01. The zero-order valence-electron chi connectivity index (χ0n) is 16.0. The molecule has 0 saturated carbocycles. The van der Waals surface area contributed by atoms with Crippen LogP contribution in [0.3, 0.4) is 0 Å². The number of hydrogen-bond donors (Lipinski definition) is 0. The van der Waals surface area contributed by atoms with E-state index in [1.54, 1.807) is 0 Å². The number of aromatic nitrogens is 3. The molecule has 5 nitrogen and oxygen atoms in total. The van der Waals surface area contributed by atoms with Gasteiger partial charge >= 0.3 is 0 Å². The van der Waals surface area contributed by atoms with Gasteiger partial charge in [0.05, 0.1) is 49.2 Å². The van der Waals surface area contributed by atoms with Crippen molar-refractivity contribution < 1.29 is 4.48 Å². The van der Waals surface area contributed by atoms with Gasteiger partial charge in [0, 0.05) is 22.6 Å². The topological polar surface area (TPSA) is 54.5 Å². The zero-order valence-corrected chi connectivity index (χ0v) is 16.0. The molecule has 1 aliphatic rings. The number of nitriles is 1. The van der Waals surface area contributed by atoms with Crippen LogP contribution in [0.1, 0.15) is 41.1 Å². The molecule has 0 bridgehead atoms. The Morgan fingerprint density at radius 2 is 2.00 bits per heavy atom. The number of likely N-dealkylation sites (N-methyl/N-ethyl adjacent to an activating group) is 1. The van der Waals surface area contributed by atoms with E-state index < -0.39 is 0 Å². The van der Waals surface area contributed by atoms with Gasteiger partial charge in [-0.3, -0.25) is 4.57 Å². The van der Waals surface area contributed by atoms with E-state index in [1.165, 1.54) is 11.3 Å². The second-order valence-electron chi connectivity index (χ2n) is 8.12. The maximum Gasteiger partial charge on any atom is 0.234 e. The van der Waals surface area contributed by atoms with Gasteiger partial charge in [0.2, 0.25) is 5.95 Å². The third-order valence-corrected chi connectivity index (χ3v) is 5.41. The van der Waals surface area contributed by atoms with E-state index in [9.17, 15) is 5.26 Å². The summed E-state index contributed by atoms with van der Waals surface area (Å²) in [6.45, 7) is 8.43. The number of fused-ring (bicyclic) bond motifs is 2. The van der Waals surface area contributed by atoms with Crippen molar-refractivity contribution in [2.45, 2.75) is 33.2 Å². The van der Waals surface area contributed by atoms with Crippen LogP contribution in [0.4, 0.5) is 0 Å². The summed E-state index contributed by atoms with van der Waals surface area (Å²) < 4.78 is 3.04. The first-order valence-corrected chi connectivity index (χ1v) is 9.01. The summed E-state index contributed by atoms with van der Waals surface area (Å²) >= 11 is 0. The molecule has 0 aliphatic carbocycles. The Morgan fingerprint density at radius 1 is 1.23 bits per heavy atom. The number of quaternary nitrogens is 1. The molecule has 0 spiro atoms. The molecule has 0 saturated heterocycles. The second kappa shape index (κ2) is 5.65. The minimum Gasteiger partial charge on any atom is -0.324 e. The molecule has 1 atom stereocenters. The highest BCUT2D eigenvalue weighted by Crippen LogP contribution is 2.32. The fourth-order valence-corrected chi connectivity index (χ4v) is 4.35. The molecule has 132 valence electrons. The first kappa shape index (κ1) is 16.7. The van der Waals surface area contributed by atoms with E-state index in [-0.39, 0.29) is 0 Å². The van der Waals surface area contributed by atoms with Crippen LogP contribution < -0.4 is 0 Å². The lowest BCUT2D eigenvalue weighted by Crippen LogP contribution is -2.46. The Bertz CT molecular complexity index is 1070. The Hall–Kier alpha value is -2.71. The lowest BCUT2D eigenvalue weighted by molar-refractivity contribution is -0.907. The molecule has 0 radical (unpaired) electrons. The Balaban J connectivity index is 1.95. The molecule has 1 aliphatic heterocycles. The third-order valence-electron chi connectivity index (χ3n) is 5.41. The van der Waals surface area contributed by atoms with Gasteiger partial charge < -0.3 is 4.48 Å². The van der Waals surface area contributed by atoms with Crippen LogP contribution in [0.25, 0.3) is 16.9 Å². The molecular weight excluding hydrogens is 322 g/mol. The minimum absolute atomic E-state index is 0.394. The number of aryl methyl sites for hydroxylation is 2. The van der Waals surface area contributed by atoms with Gasteiger partial charge in [-0.25, -0.2) is 9.97 Å². The largest absolute Gasteiger partial charge is 0.324 e. The first-order chi connectivity index (χ1) is 12.3. The third kappa shape index (κ3) is 2.49. The molecule has 3 heterocycles. The lowest BCUT2D eigenvalue weighted by Gasteiger charge is -2.38. The number of benzene rings is 1. The average molecular weight is 346 g/mol. The standard InChI is InChI=1S/C21H24N5/c1-13-11-26(4,5)12-18-15(3)23-21(24-20(13)18)25-14(2)9-17-16(10-22)7-6-8-19(17)25/h6-9,13H,11-12H2,1-5H3/q+1. The van der Waals surface area contributed by atoms with Crippen LogP contribution in [0.15, 0.2) is 24.3 Å². The van der Waals surface area contributed by atoms with Crippen LogP contribution in [0.5, 0.6) is 0 Å². The number of nitrogens with zero attached hydrogens (tertiary/aromatic N) is 5. The van der Waals surface area contributed by atoms with E-state index in [4.69, 9.17) is 9.97 Å². The van der Waals surface area contributed by atoms with Gasteiger partial charge in [-0.2, -0.15) is 5.26 Å². The van der Waals surface area contributed by atoms with E-state index in [0.29, 0.717) is 17.4 Å². The molecule has 1 unspecified atom stereocenters. The summed E-state index contributed by atoms with van der Waals surface area (Å²) in [7, 11) is 4.53. The van der Waals surface area contributed by atoms with Crippen LogP contribution in [-0.2, 0) is 6.54 Å². The van der Waals surface area contributed by atoms with Crippen molar-refractivity contribution in [1.82, 2.24) is 14.5 Å². The fraction of sp³-hybridized carbons (Fsp3) is 0.381. The lowest BCUT2D eigenvalue weighted by atomic mass is 9.94. The summed E-state index contributed by atoms with van der Waals surface area (Å²) in [5.74, 6) is 1.11. The summed E-state index contributed by atoms with van der Waals surface area (Å²) in [6.07, 6.45) is 0. The molecule has 1 aromatic carbocycles. The van der Waals surface area contributed by atoms with Gasteiger partial charge in [-0.15, -0.1) is 0 Å². The van der Waals surface area contributed by atoms with E-state index >= 15 is 0 Å². The Morgan fingerprint density at radius 3 is 2.73 bits per heavy atom. The normalized spacial score (nSPS) is 18.5. The quantitative estimate of drug-likeness (QED) is 0.633. The summed E-state index contributed by atoms with van der Waals surface area (Å²) in [5, 5.41) is 10.4. The van der Waals surface area contributed by atoms with Gasteiger partial charge in [0.25, 0.3) is 0 Å². The maximum atomic E-state index is 9.40. The Labute approximate surface area is 154 Å². The highest BCUT2D eigenvalue weighted by molar-refractivity contribution is 5.88. The SMILES string of the molecule is Cc1nc(-n2c(C)cc3c(C#N)cccc32)nc2c1C[N+](C)(C)CC2C. The molecule has 4 rings (SSSR count). The smallest absolute Gasteiger partial charge is 0.234 e. The van der Waals surface area contributed by atoms with Gasteiger partial charge in [-0.1, -0.05) is 13.0 Å². The second-order valence-corrected chi connectivity index (χ2v) is 8.12. The summed E-state index contributed by atoms with van der Waals surface area (Å²) in [4.78, 5) is 9.84. The van der Waals surface area contributed by atoms with Crippen LogP contribution in [0.2, 0.25) is 0 Å². The number of hydrogen-bond acceptors (Lipinski definition) is 3. The van der Waals surface area contributed by atoms with E-state index in [1.807, 2.05) is 25.1 Å². The predicted molar refractivity (Wildman–Crippen MR) is 102 cm³/mol. The van der Waals surface area contributed by atoms with Crippen molar-refractivity contribution in [3.05, 3.63) is 52.5 Å². The molecule has 2 aromatic heterocycles. The van der Waals surface area contributed by atoms with Crippen LogP contribution >= 0.6 is 0 Å². The molecule has 0 fully saturated rings. The van der Waals surface area contributed by atoms with E-state index in [2.05, 4.69) is 44.6 Å². The minimum atomic E-state index is 0.394. The van der Waals surface area contributed by atoms with Gasteiger partial charge in [0.1, 0.15) is 6.54 Å². The number of rotatable bonds is 1. The highest BCUT2D eigenvalue weighted by atomic mass is 15.3. The van der Waals surface area contributed by atoms with Crippen molar-refractivity contribution in [3.63, 3.8) is 0 Å². The van der Waals surface area contributed by atoms with Crippen molar-refractivity contribution in [3.8, 4) is 12.0 Å². The van der Waals surface area contributed by atoms with Crippen molar-refractivity contribution >= 4 is 10.9 Å². The van der Waals surface area contributed by atoms with Gasteiger partial charge in [-0.05, 0) is 32.0 Å². The molecule has 0 amide bonds. The van der Waals surface area contributed by atoms with Crippen molar-refractivity contribution in [2.24, 2.45) is 0 Å². The molecule has 5 heteroatoms. The molecule has 0 N–H and O–H groups in total. The van der Waals surface area contributed by atoms with Crippen LogP contribution in [0, 0.1) is 25.2 Å². The van der Waals surface area contributed by atoms with E-state index in [0.717, 1.165) is 39.9 Å². The maximum absolute atomic E-state index is 9.40. The monoisotopic (exact) mass is 346 g/mol. The van der Waals surface area contributed by atoms with Crippen LogP contribution in [-0.4, -0.2) is 39.7 Å². The van der Waals surface area contributed by atoms with Gasteiger partial charge in [0.15, 0.2) is 0 Å². The van der Waals surface area contributed by atoms with Crippen molar-refractivity contribution in [2.75, 3.05) is 20.6 Å². The molecular formula is C21H24N5+. The fourth-order valence-electron chi connectivity index (χ4n) is 4.35.